The monoisotopic (exact) mass is 1270 g/mol. The molecular formula is C65H60ClN10O14P. The molecule has 2 saturated heterocycles. The highest BCUT2D eigenvalue weighted by molar-refractivity contribution is 7.49. The first-order valence-corrected chi connectivity index (χ1v) is 30.8. The smallest absolute Gasteiger partial charge is 0.497 e. The number of ether oxygens (including phenoxy) is 6. The molecule has 466 valence electrons. The maximum absolute atomic E-state index is 16.1. The molecule has 24 nitrogen and oxygen atoms in total. The van der Waals surface area contributed by atoms with E-state index in [1.807, 2.05) is 78.9 Å². The summed E-state index contributed by atoms with van der Waals surface area (Å²) in [4.78, 5) is 78.7. The number of hydrogen-bond acceptors (Lipinski definition) is 19. The number of aromatic nitrogens is 8. The highest BCUT2D eigenvalue weighted by Crippen LogP contribution is 2.55. The maximum Gasteiger partial charge on any atom is 0.530 e. The second kappa shape index (κ2) is 26.8. The number of benzene rings is 6. The van der Waals surface area contributed by atoms with Crippen LogP contribution in [0.15, 0.2) is 188 Å². The molecule has 6 aromatic carbocycles. The fourth-order valence-corrected chi connectivity index (χ4v) is 12.3. The summed E-state index contributed by atoms with van der Waals surface area (Å²) in [5.74, 6) is -0.688. The largest absolute Gasteiger partial charge is 0.530 e. The third kappa shape index (κ3) is 13.3. The highest BCUT2D eigenvalue weighted by atomic mass is 35.5. The van der Waals surface area contributed by atoms with Gasteiger partial charge < -0.3 is 38.3 Å². The molecule has 12 rings (SSSR count). The number of nitrogens with one attached hydrogen (secondary N) is 3. The van der Waals surface area contributed by atoms with Crippen molar-refractivity contribution in [2.24, 2.45) is 5.92 Å². The molecule has 7 atom stereocenters. The van der Waals surface area contributed by atoms with Crippen molar-refractivity contribution < 1.29 is 60.9 Å². The Morgan fingerprint density at radius 2 is 1.21 bits per heavy atom. The molecule has 2 fully saturated rings. The van der Waals surface area contributed by atoms with Gasteiger partial charge in [0.15, 0.2) is 28.1 Å². The Kier molecular flexibility index (Phi) is 18.1. The van der Waals surface area contributed by atoms with E-state index in [1.54, 1.807) is 93.3 Å². The molecule has 6 heterocycles. The standard InChI is InChI=1S/C65H60ClN10O14P/c1-39(2)60(77)73-64-72-59-56(62(79)74-64)70-38-76(59)54-33-50(51(86-54)34-84-65(42-18-12-7-13-19-42,43-20-26-46(82-3)27-21-43)44-22-28-47(83-4)29-23-44)90-91(81,89-48-30-24-45(66)25-31-48)85-35-52-49(88-63(80)41-16-10-6-11-17-41)32-53(87-52)75-37-69-55-57(67-36-68-58(55)75)71-61(78)40-14-8-5-9-15-40/h5-31,36-39,49-54H,32-35H2,1-4H3,(H,67,68,71,78)(H2,72,73,74,77,79)/t49-,50-,51+,52+,53+,54+,91?/m0/s1. The first kappa shape index (κ1) is 61.6. The molecule has 0 saturated carbocycles. The predicted molar refractivity (Wildman–Crippen MR) is 333 cm³/mol. The normalized spacial score (nSPS) is 18.8. The molecule has 3 N–H and O–H groups in total. The number of esters is 1. The van der Waals surface area contributed by atoms with Crippen LogP contribution in [-0.4, -0.2) is 109 Å². The zero-order chi connectivity index (χ0) is 63.2. The van der Waals surface area contributed by atoms with Gasteiger partial charge in [-0.2, -0.15) is 4.98 Å². The van der Waals surface area contributed by atoms with E-state index in [0.29, 0.717) is 33.2 Å². The molecule has 91 heavy (non-hydrogen) atoms. The zero-order valence-corrected chi connectivity index (χ0v) is 51.0. The van der Waals surface area contributed by atoms with Gasteiger partial charge in [0.1, 0.15) is 66.0 Å². The Morgan fingerprint density at radius 1 is 0.659 bits per heavy atom. The van der Waals surface area contributed by atoms with Gasteiger partial charge in [-0.05, 0) is 89.5 Å². The number of methoxy groups -OCH3 is 2. The summed E-state index contributed by atoms with van der Waals surface area (Å²) in [7, 11) is -1.83. The van der Waals surface area contributed by atoms with Crippen molar-refractivity contribution in [2.45, 2.75) is 69.2 Å². The van der Waals surface area contributed by atoms with E-state index in [9.17, 15) is 19.2 Å². The van der Waals surface area contributed by atoms with Crippen LogP contribution in [0, 0.1) is 5.92 Å². The maximum atomic E-state index is 16.1. The van der Waals surface area contributed by atoms with Gasteiger partial charge in [-0.1, -0.05) is 116 Å². The van der Waals surface area contributed by atoms with Crippen molar-refractivity contribution in [1.82, 2.24) is 39.0 Å². The van der Waals surface area contributed by atoms with Gasteiger partial charge >= 0.3 is 13.8 Å². The Bertz CT molecular complexity index is 4270. The first-order chi connectivity index (χ1) is 44.2. The minimum atomic E-state index is -4.98. The van der Waals surface area contributed by atoms with E-state index in [1.165, 1.54) is 47.8 Å². The number of carbonyl (C=O) groups is 3. The van der Waals surface area contributed by atoms with Crippen LogP contribution in [0.5, 0.6) is 17.2 Å². The number of carbonyl (C=O) groups excluding carboxylic acids is 3. The third-order valence-corrected chi connectivity index (χ3v) is 17.1. The van der Waals surface area contributed by atoms with E-state index in [4.69, 9.17) is 53.6 Å². The summed E-state index contributed by atoms with van der Waals surface area (Å²) in [6.07, 6.45) is -2.64. The van der Waals surface area contributed by atoms with Gasteiger partial charge in [-0.3, -0.25) is 42.9 Å². The summed E-state index contributed by atoms with van der Waals surface area (Å²) in [5.41, 5.74) is 1.26. The van der Waals surface area contributed by atoms with Crippen molar-refractivity contribution in [3.8, 4) is 17.2 Å². The Morgan fingerprint density at radius 3 is 1.82 bits per heavy atom. The third-order valence-electron chi connectivity index (χ3n) is 15.4. The van der Waals surface area contributed by atoms with Gasteiger partial charge in [0, 0.05) is 29.3 Å². The van der Waals surface area contributed by atoms with E-state index >= 15 is 4.57 Å². The summed E-state index contributed by atoms with van der Waals surface area (Å²) in [5, 5.41) is 5.83. The predicted octanol–water partition coefficient (Wildman–Crippen LogP) is 10.9. The quantitative estimate of drug-likeness (QED) is 0.0305. The van der Waals surface area contributed by atoms with Crippen molar-refractivity contribution in [3.63, 3.8) is 0 Å². The van der Waals surface area contributed by atoms with Crippen LogP contribution < -0.4 is 30.2 Å². The number of amides is 2. The lowest BCUT2D eigenvalue weighted by Crippen LogP contribution is -2.38. The summed E-state index contributed by atoms with van der Waals surface area (Å²) < 4.78 is 77.1. The molecule has 4 aromatic heterocycles. The molecule has 0 spiro atoms. The van der Waals surface area contributed by atoms with Crippen molar-refractivity contribution in [3.05, 3.63) is 226 Å². The molecule has 0 aliphatic carbocycles. The number of hydrogen-bond donors (Lipinski definition) is 3. The number of imidazole rings is 2. The van der Waals surface area contributed by atoms with E-state index < -0.39 is 86.2 Å². The van der Waals surface area contributed by atoms with Crippen LogP contribution in [0.2, 0.25) is 5.02 Å². The van der Waals surface area contributed by atoms with Crippen molar-refractivity contribution >= 4 is 71.3 Å². The summed E-state index contributed by atoms with van der Waals surface area (Å²) in [6, 6.07) is 47.5. The molecule has 26 heteroatoms. The molecule has 0 radical (unpaired) electrons. The molecule has 2 amide bonds. The van der Waals surface area contributed by atoms with Crippen LogP contribution >= 0.6 is 19.4 Å². The lowest BCUT2D eigenvalue weighted by atomic mass is 9.80. The first-order valence-electron chi connectivity index (χ1n) is 28.9. The number of rotatable bonds is 23. The SMILES string of the molecule is COc1ccc(C(OC[C@H]2O[C@@H](n3cnc4c(=O)[nH]c(NC(=O)C(C)C)nc43)C[C@@H]2OP(=O)(OC[C@H]2O[C@@H](n3cnc4c(NC(=O)c5ccccc5)ncnc43)C[C@@H]2OC(=O)c2ccccc2)Oc2ccc(Cl)cc2)(c2ccccc2)c2ccc(OC)cc2)cc1. The van der Waals surface area contributed by atoms with Gasteiger partial charge in [0.25, 0.3) is 11.5 Å². The second-order valence-electron chi connectivity index (χ2n) is 21.5. The lowest BCUT2D eigenvalue weighted by Gasteiger charge is -2.37. The summed E-state index contributed by atoms with van der Waals surface area (Å²) >= 11 is 6.36. The number of H-pyrrole nitrogens is 1. The number of aromatic amines is 1. The molecule has 2 aliphatic heterocycles. The van der Waals surface area contributed by atoms with Gasteiger partial charge in [0.2, 0.25) is 11.9 Å². The minimum Gasteiger partial charge on any atom is -0.497 e. The van der Waals surface area contributed by atoms with Crippen LogP contribution in [0.1, 0.15) is 76.6 Å². The number of anilines is 2. The minimum absolute atomic E-state index is 0.0126. The van der Waals surface area contributed by atoms with Crippen LogP contribution in [-0.2, 0) is 43.0 Å². The zero-order valence-electron chi connectivity index (χ0n) is 49.4. The number of phosphoric acid groups is 1. The second-order valence-corrected chi connectivity index (χ2v) is 23.5. The fourth-order valence-electron chi connectivity index (χ4n) is 10.8. The molecule has 2 aliphatic rings. The Labute approximate surface area is 525 Å². The Hall–Kier alpha value is -9.65. The van der Waals surface area contributed by atoms with Crippen molar-refractivity contribution in [1.29, 1.82) is 0 Å². The van der Waals surface area contributed by atoms with E-state index in [-0.39, 0.29) is 64.9 Å². The fraction of sp³-hybridized carbons (Fsp3) is 0.246. The average Bonchev–Trinajstić information content (AvgIpc) is 1.06. The lowest BCUT2D eigenvalue weighted by molar-refractivity contribution is -0.119. The molecule has 0 bridgehead atoms. The van der Waals surface area contributed by atoms with Gasteiger partial charge in [-0.25, -0.2) is 29.3 Å². The van der Waals surface area contributed by atoms with Gasteiger partial charge in [-0.15, -0.1) is 0 Å². The van der Waals surface area contributed by atoms with Crippen molar-refractivity contribution in [2.75, 3.05) is 38.1 Å². The van der Waals surface area contributed by atoms with Crippen LogP contribution in [0.3, 0.4) is 0 Å². The number of nitrogens with zero attached hydrogens (tertiary/aromatic N) is 7. The molecular weight excluding hydrogens is 1210 g/mol. The number of fused-ring (bicyclic) bond motifs is 2. The van der Waals surface area contributed by atoms with Crippen LogP contribution in [0.4, 0.5) is 11.8 Å². The summed E-state index contributed by atoms with van der Waals surface area (Å²) in [6.45, 7) is 2.54. The number of halogens is 1. The van der Waals surface area contributed by atoms with E-state index in [2.05, 4.69) is 40.5 Å². The molecule has 10 aromatic rings. The number of phosphoric ester groups is 1. The topological polar surface area (TPSA) is 283 Å². The van der Waals surface area contributed by atoms with E-state index in [0.717, 1.165) is 5.56 Å². The van der Waals surface area contributed by atoms with Crippen LogP contribution in [0.25, 0.3) is 22.3 Å². The van der Waals surface area contributed by atoms with Gasteiger partial charge in [0.05, 0.1) is 45.7 Å². The average molecular weight is 1270 g/mol. The Balaban J connectivity index is 0.910. The molecule has 1 unspecified atom stereocenters. The highest BCUT2D eigenvalue weighted by Gasteiger charge is 2.49.